The van der Waals surface area contributed by atoms with Crippen LogP contribution in [0.4, 0.5) is 0 Å². The summed E-state index contributed by atoms with van der Waals surface area (Å²) in [7, 11) is -8.90. The zero-order chi connectivity index (χ0) is 57.8. The Morgan fingerprint density at radius 3 is 0.704 bits per heavy atom. The van der Waals surface area contributed by atoms with E-state index < -0.39 is 20.2 Å². The smallest absolute Gasteiger partial charge is 0.744 e. The molecule has 4 rings (SSSR count). The minimum Gasteiger partial charge on any atom is -0.744 e. The Morgan fingerprint density at radius 1 is 0.272 bits per heavy atom. The van der Waals surface area contributed by atoms with Crippen molar-refractivity contribution in [2.24, 2.45) is 0 Å². The van der Waals surface area contributed by atoms with Crippen molar-refractivity contribution in [2.45, 2.75) is 346 Å². The van der Waals surface area contributed by atoms with E-state index in [0.29, 0.717) is 0 Å². The molecule has 0 bridgehead atoms. The van der Waals surface area contributed by atoms with Crippen LogP contribution < -0.4 is 0 Å². The number of fused-ring (bicyclic) bond motifs is 2. The van der Waals surface area contributed by atoms with Gasteiger partial charge in [0.1, 0.15) is 20.2 Å². The molecule has 6 nitrogen and oxygen atoms in total. The fourth-order valence-electron chi connectivity index (χ4n) is 11.9. The molecule has 0 fully saturated rings. The summed E-state index contributed by atoms with van der Waals surface area (Å²) in [4.78, 5) is -0.225. The first-order valence-electron chi connectivity index (χ1n) is 33.9. The van der Waals surface area contributed by atoms with Crippen molar-refractivity contribution in [3.63, 3.8) is 0 Å². The molecule has 0 saturated carbocycles. The number of benzene rings is 4. The van der Waals surface area contributed by atoms with Crippen LogP contribution >= 0.6 is 0 Å². The summed E-state index contributed by atoms with van der Waals surface area (Å²) < 4.78 is 70.1. The molecule has 0 N–H and O–H groups in total. The van der Waals surface area contributed by atoms with E-state index in [1.165, 1.54) is 304 Å². The van der Waals surface area contributed by atoms with Gasteiger partial charge in [0.05, 0.1) is 9.79 Å². The summed E-state index contributed by atoms with van der Waals surface area (Å²) in [5.41, 5.74) is 5.10. The van der Waals surface area contributed by atoms with Gasteiger partial charge in [-0.2, -0.15) is 0 Å². The average molecular weight is 1280 g/mol. The van der Waals surface area contributed by atoms with Crippen LogP contribution in [0.25, 0.3) is 21.5 Å². The van der Waals surface area contributed by atoms with Crippen molar-refractivity contribution in [1.29, 1.82) is 0 Å². The maximum Gasteiger partial charge on any atom is 2.00 e. The van der Waals surface area contributed by atoms with Crippen LogP contribution in [0.1, 0.15) is 332 Å². The normalized spacial score (nSPS) is 11.8. The summed E-state index contributed by atoms with van der Waals surface area (Å²) in [5, 5.41) is 4.00. The van der Waals surface area contributed by atoms with E-state index in [1.807, 2.05) is 12.1 Å². The summed E-state index contributed by atoms with van der Waals surface area (Å²) in [6, 6.07) is 18.8. The molecule has 4 aromatic rings. The predicted molar refractivity (Wildman–Crippen MR) is 350 cm³/mol. The van der Waals surface area contributed by atoms with Crippen LogP contribution in [0.2, 0.25) is 0 Å². The minimum absolute atomic E-state index is 0. The maximum atomic E-state index is 11.7. The number of rotatable bonds is 50. The van der Waals surface area contributed by atoms with Crippen molar-refractivity contribution in [3.8, 4) is 0 Å². The summed E-state index contributed by atoms with van der Waals surface area (Å²) >= 11 is 0. The largest absolute Gasteiger partial charge is 2.00 e. The van der Waals surface area contributed by atoms with Crippen LogP contribution in [-0.2, 0) is 45.9 Å². The van der Waals surface area contributed by atoms with Crippen LogP contribution in [0, 0.1) is 0 Å². The monoisotopic (exact) mass is 1280 g/mol. The van der Waals surface area contributed by atoms with Gasteiger partial charge in [-0.3, -0.25) is 0 Å². The van der Waals surface area contributed by atoms with Gasteiger partial charge in [-0.05, 0) is 119 Å². The average Bonchev–Trinajstić information content (AvgIpc) is 3.54. The van der Waals surface area contributed by atoms with Crippen molar-refractivity contribution < 1.29 is 25.9 Å². The first-order chi connectivity index (χ1) is 38.9. The molecule has 0 aliphatic rings. The van der Waals surface area contributed by atoms with Crippen molar-refractivity contribution in [1.82, 2.24) is 0 Å². The molecular formula is C72H118BaO6S2. The van der Waals surface area contributed by atoms with Crippen LogP contribution in [0.15, 0.2) is 70.5 Å². The molecule has 0 aromatic heterocycles. The minimum atomic E-state index is -4.45. The van der Waals surface area contributed by atoms with Gasteiger partial charge >= 0.3 is 48.9 Å². The van der Waals surface area contributed by atoms with Crippen LogP contribution in [0.5, 0.6) is 0 Å². The van der Waals surface area contributed by atoms with Gasteiger partial charge in [0.2, 0.25) is 0 Å². The molecule has 0 radical (unpaired) electrons. The standard InChI is InChI=1S/2C36H60O3S.Ba/c2*1-3-5-7-9-11-13-15-17-19-21-23-25-32-29-33(26-24-22-20-18-16-14-12-10-8-6-4-2)36-31-35(40(37,38)39)28-27-34(36)30-32;/h2*27-31H,3-26H2,1-2H3,(H,37,38,39);/q;;+2/p-2. The molecule has 9 heteroatoms. The second-order valence-electron chi connectivity index (χ2n) is 24.3. The third kappa shape index (κ3) is 36.5. The van der Waals surface area contributed by atoms with Gasteiger partial charge < -0.3 is 9.11 Å². The topological polar surface area (TPSA) is 114 Å². The molecule has 0 amide bonds. The van der Waals surface area contributed by atoms with Crippen molar-refractivity contribution in [2.75, 3.05) is 0 Å². The molecule has 0 aliphatic carbocycles. The number of hydrogen-bond acceptors (Lipinski definition) is 6. The van der Waals surface area contributed by atoms with Gasteiger partial charge in [0.25, 0.3) is 0 Å². The van der Waals surface area contributed by atoms with Gasteiger partial charge in [0.15, 0.2) is 0 Å². The molecule has 4 aromatic carbocycles. The Hall–Kier alpha value is -1.21. The maximum absolute atomic E-state index is 11.7. The Balaban J connectivity index is 0.000000547. The van der Waals surface area contributed by atoms with E-state index in [-0.39, 0.29) is 58.7 Å². The van der Waals surface area contributed by atoms with E-state index >= 15 is 0 Å². The second kappa shape index (κ2) is 48.9. The van der Waals surface area contributed by atoms with Gasteiger partial charge in [0, 0.05) is 0 Å². The van der Waals surface area contributed by atoms with E-state index in [0.717, 1.165) is 60.1 Å². The van der Waals surface area contributed by atoms with Crippen molar-refractivity contribution >= 4 is 90.7 Å². The molecule has 0 atom stereocenters. The SMILES string of the molecule is CCCCCCCCCCCCCc1cc(CCCCCCCCCCCCC)c2cc(S(=O)(=O)[O-])ccc2c1.CCCCCCCCCCCCCc1cc(CCCCCCCCCCCCC)c2cc(S(=O)(=O)[O-])ccc2c1.[Ba+2]. The van der Waals surface area contributed by atoms with E-state index in [2.05, 4.69) is 52.0 Å². The first kappa shape index (κ1) is 75.9. The zero-order valence-electron chi connectivity index (χ0n) is 52.7. The fourth-order valence-corrected chi connectivity index (χ4v) is 12.9. The second-order valence-corrected chi connectivity index (χ2v) is 27.1. The molecule has 81 heavy (non-hydrogen) atoms. The molecule has 0 unspecified atom stereocenters. The first-order valence-corrected chi connectivity index (χ1v) is 36.8. The third-order valence-electron chi connectivity index (χ3n) is 17.0. The number of unbranched alkanes of at least 4 members (excludes halogenated alkanes) is 40. The van der Waals surface area contributed by atoms with Gasteiger partial charge in [-0.1, -0.05) is 321 Å². The Morgan fingerprint density at radius 2 is 0.481 bits per heavy atom. The Labute approximate surface area is 540 Å². The number of aryl methyl sites for hydroxylation is 4. The molecular weight excluding hydrogens is 1160 g/mol. The molecule has 0 spiro atoms. The van der Waals surface area contributed by atoms with E-state index in [1.54, 1.807) is 12.1 Å². The molecule has 0 heterocycles. The van der Waals surface area contributed by atoms with Crippen LogP contribution in [0.3, 0.4) is 0 Å². The fraction of sp³-hybridized carbons (Fsp3) is 0.722. The molecule has 0 saturated heterocycles. The summed E-state index contributed by atoms with van der Waals surface area (Å²) in [6.07, 6.45) is 62.5. The van der Waals surface area contributed by atoms with E-state index in [9.17, 15) is 25.9 Å². The zero-order valence-corrected chi connectivity index (χ0v) is 58.8. The third-order valence-corrected chi connectivity index (χ3v) is 18.6. The summed E-state index contributed by atoms with van der Waals surface area (Å²) in [5.74, 6) is 0. The molecule has 456 valence electrons. The molecule has 0 aliphatic heterocycles. The summed E-state index contributed by atoms with van der Waals surface area (Å²) in [6.45, 7) is 9.08. The number of hydrogen-bond donors (Lipinski definition) is 0. The van der Waals surface area contributed by atoms with Crippen LogP contribution in [-0.4, -0.2) is 74.8 Å². The Bertz CT molecular complexity index is 2230. The quantitative estimate of drug-likeness (QED) is 0.0247. The van der Waals surface area contributed by atoms with Crippen molar-refractivity contribution in [3.05, 3.63) is 82.9 Å². The predicted octanol–water partition coefficient (Wildman–Crippen LogP) is 22.5. The van der Waals surface area contributed by atoms with Gasteiger partial charge in [-0.25, -0.2) is 16.8 Å². The van der Waals surface area contributed by atoms with Gasteiger partial charge in [-0.15, -0.1) is 0 Å². The van der Waals surface area contributed by atoms with E-state index in [4.69, 9.17) is 0 Å². The Kier molecular flexibility index (Phi) is 45.8.